The van der Waals surface area contributed by atoms with Crippen LogP contribution in [-0.4, -0.2) is 12.1 Å². The molecule has 1 aromatic carbocycles. The van der Waals surface area contributed by atoms with Crippen molar-refractivity contribution in [3.63, 3.8) is 0 Å². The SMILES string of the molecule is O=C([O-])c1cc(C(F)(F)F)cc(C2(C(F)(F)F)CC2)c1. The van der Waals surface area contributed by atoms with Gasteiger partial charge >= 0.3 is 12.4 Å². The topological polar surface area (TPSA) is 40.1 Å². The number of carbonyl (C=O) groups excluding carboxylic acids is 1. The Morgan fingerprint density at radius 1 is 1.05 bits per heavy atom. The Labute approximate surface area is 109 Å². The number of halogens is 6. The highest BCUT2D eigenvalue weighted by molar-refractivity contribution is 5.86. The second-order valence-corrected chi connectivity index (χ2v) is 4.66. The fraction of sp³-hybridized carbons (Fsp3) is 0.417. The first-order chi connectivity index (χ1) is 8.97. The van der Waals surface area contributed by atoms with Gasteiger partial charge in [-0.1, -0.05) is 0 Å². The molecule has 1 saturated carbocycles. The minimum Gasteiger partial charge on any atom is -0.545 e. The Bertz CT molecular complexity index is 554. The molecule has 0 spiro atoms. The predicted octanol–water partition coefficient (Wildman–Crippen LogP) is 2.66. The number of hydrogen-bond donors (Lipinski definition) is 0. The zero-order chi connectivity index (χ0) is 15.3. The molecular formula is C12H7F6O2-. The predicted molar refractivity (Wildman–Crippen MR) is 52.7 cm³/mol. The van der Waals surface area contributed by atoms with Crippen molar-refractivity contribution < 1.29 is 36.2 Å². The molecule has 0 aliphatic heterocycles. The Kier molecular flexibility index (Phi) is 3.03. The average molecular weight is 297 g/mol. The number of alkyl halides is 6. The summed E-state index contributed by atoms with van der Waals surface area (Å²) in [5, 5.41) is 10.7. The molecule has 1 fully saturated rings. The molecule has 0 unspecified atom stereocenters. The van der Waals surface area contributed by atoms with Crippen LogP contribution in [0.25, 0.3) is 0 Å². The summed E-state index contributed by atoms with van der Waals surface area (Å²) in [5.74, 6) is -1.95. The van der Waals surface area contributed by atoms with Crippen LogP contribution in [0.4, 0.5) is 26.3 Å². The number of carboxylic acid groups (broad SMARTS) is 1. The van der Waals surface area contributed by atoms with E-state index in [2.05, 4.69) is 0 Å². The third-order valence-electron chi connectivity index (χ3n) is 3.34. The van der Waals surface area contributed by atoms with Gasteiger partial charge in [-0.2, -0.15) is 26.3 Å². The van der Waals surface area contributed by atoms with Gasteiger partial charge in [0, 0.05) is 0 Å². The van der Waals surface area contributed by atoms with Gasteiger partial charge in [0.25, 0.3) is 0 Å². The number of benzene rings is 1. The lowest BCUT2D eigenvalue weighted by atomic mass is 9.91. The van der Waals surface area contributed by atoms with E-state index in [1.165, 1.54) is 0 Å². The minimum atomic E-state index is -4.93. The molecule has 8 heteroatoms. The molecule has 1 aliphatic rings. The van der Waals surface area contributed by atoms with Gasteiger partial charge in [-0.15, -0.1) is 0 Å². The van der Waals surface area contributed by atoms with Gasteiger partial charge in [0.2, 0.25) is 0 Å². The average Bonchev–Trinajstić information content (AvgIpc) is 3.07. The van der Waals surface area contributed by atoms with Gasteiger partial charge in [-0.3, -0.25) is 0 Å². The quantitative estimate of drug-likeness (QED) is 0.787. The molecule has 0 aromatic heterocycles. The summed E-state index contributed by atoms with van der Waals surface area (Å²) in [6, 6.07) is 1.23. The number of carbonyl (C=O) groups is 1. The number of aromatic carboxylic acids is 1. The lowest BCUT2D eigenvalue weighted by Crippen LogP contribution is -2.30. The Morgan fingerprint density at radius 3 is 1.95 bits per heavy atom. The van der Waals surface area contributed by atoms with Gasteiger partial charge in [-0.25, -0.2) is 0 Å². The van der Waals surface area contributed by atoms with Gasteiger partial charge < -0.3 is 9.90 Å². The van der Waals surface area contributed by atoms with E-state index >= 15 is 0 Å². The molecule has 0 atom stereocenters. The molecule has 0 amide bonds. The summed E-state index contributed by atoms with van der Waals surface area (Å²) < 4.78 is 76.6. The van der Waals surface area contributed by atoms with Crippen molar-refractivity contribution in [1.82, 2.24) is 0 Å². The molecule has 2 rings (SSSR count). The Balaban J connectivity index is 2.60. The number of carboxylic acids is 1. The van der Waals surface area contributed by atoms with E-state index in [-0.39, 0.29) is 18.9 Å². The van der Waals surface area contributed by atoms with E-state index in [0.717, 1.165) is 0 Å². The van der Waals surface area contributed by atoms with Crippen LogP contribution in [0.3, 0.4) is 0 Å². The van der Waals surface area contributed by atoms with Crippen molar-refractivity contribution in [2.75, 3.05) is 0 Å². The summed E-state index contributed by atoms with van der Waals surface area (Å²) in [7, 11) is 0. The van der Waals surface area contributed by atoms with Crippen LogP contribution < -0.4 is 5.11 Å². The zero-order valence-electron chi connectivity index (χ0n) is 9.73. The van der Waals surface area contributed by atoms with E-state index < -0.39 is 40.4 Å². The minimum absolute atomic E-state index is 0.269. The first kappa shape index (κ1) is 14.7. The molecule has 20 heavy (non-hydrogen) atoms. The van der Waals surface area contributed by atoms with E-state index in [0.29, 0.717) is 12.1 Å². The van der Waals surface area contributed by atoms with Crippen molar-refractivity contribution >= 4 is 5.97 Å². The lowest BCUT2D eigenvalue weighted by Gasteiger charge is -2.22. The molecule has 0 bridgehead atoms. The molecular weight excluding hydrogens is 290 g/mol. The highest BCUT2D eigenvalue weighted by Gasteiger charge is 2.64. The fourth-order valence-corrected chi connectivity index (χ4v) is 2.05. The van der Waals surface area contributed by atoms with Gasteiger partial charge in [-0.05, 0) is 42.2 Å². The maximum Gasteiger partial charge on any atom is 0.416 e. The molecule has 0 saturated heterocycles. The summed E-state index contributed by atoms with van der Waals surface area (Å²) in [4.78, 5) is 10.7. The van der Waals surface area contributed by atoms with Crippen LogP contribution in [0.2, 0.25) is 0 Å². The van der Waals surface area contributed by atoms with Gasteiger partial charge in [0.15, 0.2) is 0 Å². The van der Waals surface area contributed by atoms with Crippen LogP contribution in [-0.2, 0) is 11.6 Å². The highest BCUT2D eigenvalue weighted by Crippen LogP contribution is 2.59. The zero-order valence-corrected chi connectivity index (χ0v) is 9.73. The van der Waals surface area contributed by atoms with Crippen molar-refractivity contribution in [1.29, 1.82) is 0 Å². The first-order valence-corrected chi connectivity index (χ1v) is 5.48. The van der Waals surface area contributed by atoms with Crippen LogP contribution in [0.5, 0.6) is 0 Å². The lowest BCUT2D eigenvalue weighted by molar-refractivity contribution is -0.255. The van der Waals surface area contributed by atoms with E-state index in [4.69, 9.17) is 0 Å². The molecule has 1 aromatic rings. The molecule has 1 aliphatic carbocycles. The summed E-state index contributed by atoms with van der Waals surface area (Å²) >= 11 is 0. The standard InChI is InChI=1S/C12H8F6O2/c13-11(14,15)8-4-6(9(19)20)3-7(5-8)10(1-2-10)12(16,17)18/h3-5H,1-2H2,(H,19,20)/p-1. The van der Waals surface area contributed by atoms with Crippen molar-refractivity contribution in [3.8, 4) is 0 Å². The van der Waals surface area contributed by atoms with Gasteiger partial charge in [0.05, 0.1) is 16.9 Å². The van der Waals surface area contributed by atoms with Crippen LogP contribution >= 0.6 is 0 Å². The fourth-order valence-electron chi connectivity index (χ4n) is 2.05. The van der Waals surface area contributed by atoms with E-state index in [1.807, 2.05) is 0 Å². The molecule has 0 radical (unpaired) electrons. The third-order valence-corrected chi connectivity index (χ3v) is 3.34. The molecule has 2 nitrogen and oxygen atoms in total. The van der Waals surface area contributed by atoms with Crippen molar-refractivity contribution in [3.05, 3.63) is 34.9 Å². The second kappa shape index (κ2) is 4.13. The van der Waals surface area contributed by atoms with Crippen LogP contribution in [0.1, 0.15) is 34.3 Å². The van der Waals surface area contributed by atoms with Crippen molar-refractivity contribution in [2.45, 2.75) is 30.6 Å². The van der Waals surface area contributed by atoms with Gasteiger partial charge in [0.1, 0.15) is 0 Å². The Hall–Kier alpha value is -1.73. The number of hydrogen-bond acceptors (Lipinski definition) is 2. The van der Waals surface area contributed by atoms with Crippen LogP contribution in [0.15, 0.2) is 18.2 Å². The summed E-state index contributed by atoms with van der Waals surface area (Å²) in [5.41, 5.74) is -5.40. The third kappa shape index (κ3) is 2.34. The molecule has 110 valence electrons. The smallest absolute Gasteiger partial charge is 0.416 e. The Morgan fingerprint density at radius 2 is 1.60 bits per heavy atom. The monoisotopic (exact) mass is 297 g/mol. The molecule has 0 N–H and O–H groups in total. The van der Waals surface area contributed by atoms with E-state index in [1.54, 1.807) is 0 Å². The van der Waals surface area contributed by atoms with E-state index in [9.17, 15) is 36.2 Å². The molecule has 0 heterocycles. The highest BCUT2D eigenvalue weighted by atomic mass is 19.4. The first-order valence-electron chi connectivity index (χ1n) is 5.48. The van der Waals surface area contributed by atoms with Crippen LogP contribution in [0, 0.1) is 0 Å². The summed E-state index contributed by atoms with van der Waals surface area (Å²) in [6.45, 7) is 0. The largest absolute Gasteiger partial charge is 0.545 e. The second-order valence-electron chi connectivity index (χ2n) is 4.66. The van der Waals surface area contributed by atoms with Crippen molar-refractivity contribution in [2.24, 2.45) is 0 Å². The maximum absolute atomic E-state index is 12.9. The summed E-state index contributed by atoms with van der Waals surface area (Å²) in [6.07, 6.45) is -10.4. The maximum atomic E-state index is 12.9. The number of rotatable bonds is 2. The normalized spacial score (nSPS) is 17.9.